The van der Waals surface area contributed by atoms with Crippen molar-refractivity contribution in [3.8, 4) is 34.2 Å². The van der Waals surface area contributed by atoms with E-state index in [-0.39, 0.29) is 0 Å². The topological polar surface area (TPSA) is 51.6 Å². The van der Waals surface area contributed by atoms with E-state index in [1.807, 2.05) is 60.7 Å². The molecule has 0 amide bonds. The van der Waals surface area contributed by atoms with Crippen molar-refractivity contribution in [3.05, 3.63) is 84.1 Å². The minimum Gasteiger partial charge on any atom is -0.262 e. The van der Waals surface area contributed by atoms with Crippen molar-refractivity contribution in [2.45, 2.75) is 0 Å². The Bertz CT molecular complexity index is 947. The highest BCUT2D eigenvalue weighted by Gasteiger charge is 2.12. The van der Waals surface area contributed by atoms with Gasteiger partial charge >= 0.3 is 0 Å². The Hall–Kier alpha value is -3.11. The van der Waals surface area contributed by atoms with Gasteiger partial charge in [0.1, 0.15) is 0 Å². The maximum Gasteiger partial charge on any atom is 0.165 e. The van der Waals surface area contributed by atoms with E-state index in [4.69, 9.17) is 11.6 Å². The first-order valence-electron chi connectivity index (χ1n) is 7.77. The van der Waals surface area contributed by atoms with Gasteiger partial charge in [-0.05, 0) is 6.07 Å². The number of pyridine rings is 1. The van der Waals surface area contributed by atoms with Crippen LogP contribution in [0, 0.1) is 0 Å². The molecule has 0 unspecified atom stereocenters. The normalized spacial score (nSPS) is 10.6. The second kappa shape index (κ2) is 6.79. The third-order valence-electron chi connectivity index (χ3n) is 3.66. The monoisotopic (exact) mass is 344 g/mol. The van der Waals surface area contributed by atoms with E-state index in [0.29, 0.717) is 22.5 Å². The molecule has 0 radical (unpaired) electrons. The van der Waals surface area contributed by atoms with Crippen molar-refractivity contribution in [2.24, 2.45) is 0 Å². The fraction of sp³-hybridized carbons (Fsp3) is 0. The molecule has 0 N–H and O–H groups in total. The molecule has 0 atom stereocenters. The standard InChI is InChI=1S/C20H13ClN4/c21-17-11-16(12-22-13-17)20-24-18(14-7-3-1-4-8-14)23-19(25-20)15-9-5-2-6-10-15/h1-13H. The molecule has 0 aliphatic heterocycles. The predicted octanol–water partition coefficient (Wildman–Crippen LogP) is 4.92. The number of rotatable bonds is 3. The average molecular weight is 345 g/mol. The summed E-state index contributed by atoms with van der Waals surface area (Å²) < 4.78 is 0. The van der Waals surface area contributed by atoms with Gasteiger partial charge in [-0.15, -0.1) is 0 Å². The number of halogens is 1. The first-order chi connectivity index (χ1) is 12.3. The van der Waals surface area contributed by atoms with Crippen molar-refractivity contribution >= 4 is 11.6 Å². The van der Waals surface area contributed by atoms with E-state index >= 15 is 0 Å². The number of hydrogen-bond donors (Lipinski definition) is 0. The molecule has 25 heavy (non-hydrogen) atoms. The molecule has 4 nitrogen and oxygen atoms in total. The number of nitrogens with zero attached hydrogens (tertiary/aromatic N) is 4. The van der Waals surface area contributed by atoms with Crippen LogP contribution in [0.2, 0.25) is 5.02 Å². The lowest BCUT2D eigenvalue weighted by molar-refractivity contribution is 1.07. The summed E-state index contributed by atoms with van der Waals surface area (Å²) >= 11 is 6.07. The summed E-state index contributed by atoms with van der Waals surface area (Å²) in [5, 5.41) is 0.542. The molecule has 4 aromatic rings. The summed E-state index contributed by atoms with van der Waals surface area (Å²) in [7, 11) is 0. The van der Waals surface area contributed by atoms with Gasteiger partial charge < -0.3 is 0 Å². The van der Waals surface area contributed by atoms with Crippen molar-refractivity contribution in [2.75, 3.05) is 0 Å². The van der Waals surface area contributed by atoms with Crippen LogP contribution < -0.4 is 0 Å². The Kier molecular flexibility index (Phi) is 4.19. The van der Waals surface area contributed by atoms with Gasteiger partial charge in [-0.2, -0.15) is 0 Å². The van der Waals surface area contributed by atoms with E-state index in [1.165, 1.54) is 0 Å². The molecule has 0 fully saturated rings. The molecule has 0 aliphatic carbocycles. The zero-order valence-electron chi connectivity index (χ0n) is 13.2. The molecule has 0 saturated heterocycles. The summed E-state index contributed by atoms with van der Waals surface area (Å²) in [5.74, 6) is 1.77. The van der Waals surface area contributed by atoms with Gasteiger partial charge in [0, 0.05) is 29.1 Å². The van der Waals surface area contributed by atoms with Crippen molar-refractivity contribution in [3.63, 3.8) is 0 Å². The smallest absolute Gasteiger partial charge is 0.165 e. The molecule has 5 heteroatoms. The van der Waals surface area contributed by atoms with Crippen LogP contribution in [0.5, 0.6) is 0 Å². The molecule has 120 valence electrons. The number of aromatic nitrogens is 4. The van der Waals surface area contributed by atoms with Crippen molar-refractivity contribution in [1.82, 2.24) is 19.9 Å². The second-order valence-corrected chi connectivity index (χ2v) is 5.87. The molecule has 4 rings (SSSR count). The van der Waals surface area contributed by atoms with Gasteiger partial charge in [0.25, 0.3) is 0 Å². The van der Waals surface area contributed by atoms with Crippen LogP contribution in [0.15, 0.2) is 79.1 Å². The molecule has 2 heterocycles. The molecule has 0 bridgehead atoms. The van der Waals surface area contributed by atoms with E-state index in [9.17, 15) is 0 Å². The van der Waals surface area contributed by atoms with Gasteiger partial charge in [-0.3, -0.25) is 4.98 Å². The Labute approximate surface area is 150 Å². The lowest BCUT2D eigenvalue weighted by Crippen LogP contribution is -2.00. The Balaban J connectivity index is 1.92. The van der Waals surface area contributed by atoms with Crippen LogP contribution in [-0.4, -0.2) is 19.9 Å². The maximum atomic E-state index is 6.07. The summed E-state index contributed by atoms with van der Waals surface area (Å²) in [6.07, 6.45) is 3.28. The summed E-state index contributed by atoms with van der Waals surface area (Å²) in [5.41, 5.74) is 2.61. The molecule has 0 aliphatic rings. The molecule has 2 aromatic heterocycles. The molecule has 0 spiro atoms. The Morgan fingerprint density at radius 3 is 1.52 bits per heavy atom. The highest BCUT2D eigenvalue weighted by Crippen LogP contribution is 2.25. The second-order valence-electron chi connectivity index (χ2n) is 5.43. The molecule has 0 saturated carbocycles. The van der Waals surface area contributed by atoms with Gasteiger partial charge in [-0.1, -0.05) is 72.3 Å². The number of hydrogen-bond acceptors (Lipinski definition) is 4. The van der Waals surface area contributed by atoms with Crippen LogP contribution in [0.1, 0.15) is 0 Å². The summed E-state index contributed by atoms with van der Waals surface area (Å²) in [6.45, 7) is 0. The third kappa shape index (κ3) is 3.39. The van der Waals surface area contributed by atoms with Gasteiger partial charge in [0.2, 0.25) is 0 Å². The number of benzene rings is 2. The SMILES string of the molecule is Clc1cncc(-c2nc(-c3ccccc3)nc(-c3ccccc3)n2)c1. The van der Waals surface area contributed by atoms with Crippen molar-refractivity contribution in [1.29, 1.82) is 0 Å². The van der Waals surface area contributed by atoms with Crippen LogP contribution in [0.25, 0.3) is 34.2 Å². The van der Waals surface area contributed by atoms with Crippen LogP contribution in [-0.2, 0) is 0 Å². The van der Waals surface area contributed by atoms with Gasteiger partial charge in [0.15, 0.2) is 17.5 Å². The van der Waals surface area contributed by atoms with Gasteiger partial charge in [-0.25, -0.2) is 15.0 Å². The Morgan fingerprint density at radius 1 is 0.560 bits per heavy atom. The van der Waals surface area contributed by atoms with Crippen molar-refractivity contribution < 1.29 is 0 Å². The maximum absolute atomic E-state index is 6.07. The predicted molar refractivity (Wildman–Crippen MR) is 98.9 cm³/mol. The third-order valence-corrected chi connectivity index (χ3v) is 3.87. The first-order valence-corrected chi connectivity index (χ1v) is 8.15. The van der Waals surface area contributed by atoms with E-state index < -0.39 is 0 Å². The fourth-order valence-corrected chi connectivity index (χ4v) is 2.65. The van der Waals surface area contributed by atoms with Crippen LogP contribution in [0.3, 0.4) is 0 Å². The van der Waals surface area contributed by atoms with E-state index in [1.54, 1.807) is 18.5 Å². The molecule has 2 aromatic carbocycles. The lowest BCUT2D eigenvalue weighted by atomic mass is 10.1. The summed E-state index contributed by atoms with van der Waals surface area (Å²) in [6, 6.07) is 21.5. The largest absolute Gasteiger partial charge is 0.262 e. The minimum absolute atomic E-state index is 0.542. The zero-order chi connectivity index (χ0) is 17.1. The fourth-order valence-electron chi connectivity index (χ4n) is 2.47. The highest BCUT2D eigenvalue weighted by molar-refractivity contribution is 6.30. The first kappa shape index (κ1) is 15.4. The Morgan fingerprint density at radius 2 is 1.04 bits per heavy atom. The highest BCUT2D eigenvalue weighted by atomic mass is 35.5. The molecular weight excluding hydrogens is 332 g/mol. The van der Waals surface area contributed by atoms with E-state index in [2.05, 4.69) is 19.9 Å². The lowest BCUT2D eigenvalue weighted by Gasteiger charge is -2.08. The summed E-state index contributed by atoms with van der Waals surface area (Å²) in [4.78, 5) is 18.0. The zero-order valence-corrected chi connectivity index (χ0v) is 13.9. The van der Waals surface area contributed by atoms with Crippen LogP contribution in [0.4, 0.5) is 0 Å². The quantitative estimate of drug-likeness (QED) is 0.529. The van der Waals surface area contributed by atoms with Gasteiger partial charge in [0.05, 0.1) is 5.02 Å². The van der Waals surface area contributed by atoms with E-state index in [0.717, 1.165) is 16.7 Å². The average Bonchev–Trinajstić information content (AvgIpc) is 2.69. The molecular formula is C20H13ClN4. The van der Waals surface area contributed by atoms with Crippen LogP contribution >= 0.6 is 11.6 Å². The minimum atomic E-state index is 0.542.